The van der Waals surface area contributed by atoms with Crippen LogP contribution in [-0.4, -0.2) is 63.9 Å². The Balaban J connectivity index is 1.21. The van der Waals surface area contributed by atoms with Crippen LogP contribution in [0.15, 0.2) is 55.1 Å². The number of carbonyl (C=O) groups excluding carboxylic acids is 1. The van der Waals surface area contributed by atoms with E-state index >= 15 is 0 Å². The van der Waals surface area contributed by atoms with Crippen LogP contribution in [0.1, 0.15) is 49.8 Å². The molecule has 4 heterocycles. The molecule has 0 radical (unpaired) electrons. The Bertz CT molecular complexity index is 1120. The summed E-state index contributed by atoms with van der Waals surface area (Å²) in [5.74, 6) is 0.988. The van der Waals surface area contributed by atoms with Crippen molar-refractivity contribution in [2.75, 3.05) is 33.2 Å². The maximum absolute atomic E-state index is 14.0. The van der Waals surface area contributed by atoms with Crippen molar-refractivity contribution in [2.45, 2.75) is 51.4 Å². The Morgan fingerprint density at radius 2 is 1.91 bits per heavy atom. The van der Waals surface area contributed by atoms with Crippen LogP contribution in [0.4, 0.5) is 0 Å². The Hall–Kier alpha value is -2.86. The highest BCUT2D eigenvalue weighted by molar-refractivity contribution is 5.83. The number of likely N-dealkylation sites (tertiary alicyclic amines) is 2. The second-order valence-corrected chi connectivity index (χ2v) is 10.6. The van der Waals surface area contributed by atoms with Crippen LogP contribution in [0.2, 0.25) is 0 Å². The summed E-state index contributed by atoms with van der Waals surface area (Å²) >= 11 is 0. The molecule has 1 atom stereocenters. The van der Waals surface area contributed by atoms with Crippen molar-refractivity contribution in [1.82, 2.24) is 24.8 Å². The summed E-state index contributed by atoms with van der Waals surface area (Å²) in [6.45, 7) is 3.70. The third kappa shape index (κ3) is 5.53. The molecule has 2 aliphatic heterocycles. The number of para-hydroxylation sites is 1. The normalized spacial score (nSPS) is 21.9. The van der Waals surface area contributed by atoms with E-state index in [2.05, 4.69) is 56.1 Å². The van der Waals surface area contributed by atoms with Crippen LogP contribution in [-0.2, 0) is 17.6 Å². The molecule has 1 amide bonds. The first-order valence-electron chi connectivity index (χ1n) is 13.2. The molecule has 2 saturated heterocycles. The van der Waals surface area contributed by atoms with E-state index in [9.17, 15) is 4.79 Å². The summed E-state index contributed by atoms with van der Waals surface area (Å²) in [4.78, 5) is 31.7. The first-order chi connectivity index (χ1) is 17.1. The fourth-order valence-corrected chi connectivity index (χ4v) is 6.23. The Kier molecular flexibility index (Phi) is 7.37. The topological polar surface area (TPSA) is 62.2 Å². The van der Waals surface area contributed by atoms with Crippen molar-refractivity contribution >= 4 is 16.8 Å². The summed E-state index contributed by atoms with van der Waals surface area (Å²) in [6, 6.07) is 10.6. The van der Waals surface area contributed by atoms with E-state index in [-0.39, 0.29) is 5.41 Å². The number of aromatic nitrogens is 3. The number of piperidine rings is 2. The molecule has 0 spiro atoms. The minimum absolute atomic E-state index is 0.262. The van der Waals surface area contributed by atoms with Gasteiger partial charge in [-0.2, -0.15) is 0 Å². The lowest BCUT2D eigenvalue weighted by molar-refractivity contribution is -0.147. The van der Waals surface area contributed by atoms with Crippen molar-refractivity contribution in [3.8, 4) is 0 Å². The molecule has 5 rings (SSSR count). The minimum atomic E-state index is -0.262. The molecule has 35 heavy (non-hydrogen) atoms. The second-order valence-electron chi connectivity index (χ2n) is 10.6. The van der Waals surface area contributed by atoms with E-state index in [0.29, 0.717) is 11.8 Å². The molecule has 184 valence electrons. The highest BCUT2D eigenvalue weighted by Crippen LogP contribution is 2.38. The number of hydrogen-bond donors (Lipinski definition) is 0. The van der Waals surface area contributed by atoms with Gasteiger partial charge in [-0.25, -0.2) is 0 Å². The number of benzene rings is 1. The highest BCUT2D eigenvalue weighted by Gasteiger charge is 2.43. The van der Waals surface area contributed by atoms with Gasteiger partial charge >= 0.3 is 0 Å². The SMILES string of the molecule is CN1CCC[C@@](CCCc2cnccn2)(C(=O)N2CCC(Cc3cccc4cccnc34)CC2)C1. The van der Waals surface area contributed by atoms with E-state index in [4.69, 9.17) is 0 Å². The van der Waals surface area contributed by atoms with Crippen LogP contribution in [0, 0.1) is 11.3 Å². The van der Waals surface area contributed by atoms with Gasteiger partial charge in [0.05, 0.1) is 16.6 Å². The fourth-order valence-electron chi connectivity index (χ4n) is 6.23. The van der Waals surface area contributed by atoms with Crippen molar-refractivity contribution in [3.05, 3.63) is 66.4 Å². The van der Waals surface area contributed by atoms with Crippen molar-refractivity contribution in [2.24, 2.45) is 11.3 Å². The van der Waals surface area contributed by atoms with Crippen LogP contribution in [0.25, 0.3) is 10.9 Å². The molecule has 0 aliphatic carbocycles. The molecule has 2 fully saturated rings. The average Bonchev–Trinajstić information content (AvgIpc) is 2.90. The summed E-state index contributed by atoms with van der Waals surface area (Å²) in [6.07, 6.45) is 15.3. The lowest BCUT2D eigenvalue weighted by Crippen LogP contribution is -2.54. The standard InChI is InChI=1S/C29H37N5O/c1-33-17-5-13-29(22-33,12-3-9-26-21-30-15-16-31-26)28(35)34-18-10-23(11-19-34)20-25-7-2-6-24-8-4-14-32-27(24)25/h2,4,6-8,14-16,21,23H,3,5,9-13,17-20,22H2,1H3/t29-/m1/s1. The van der Waals surface area contributed by atoms with Crippen molar-refractivity contribution < 1.29 is 4.79 Å². The van der Waals surface area contributed by atoms with Gasteiger partial charge in [-0.05, 0) is 82.5 Å². The first kappa shape index (κ1) is 23.9. The van der Waals surface area contributed by atoms with E-state index in [1.807, 2.05) is 18.5 Å². The van der Waals surface area contributed by atoms with Gasteiger partial charge in [0, 0.05) is 49.8 Å². The molecular formula is C29H37N5O. The largest absolute Gasteiger partial charge is 0.342 e. The number of fused-ring (bicyclic) bond motifs is 1. The zero-order valence-corrected chi connectivity index (χ0v) is 20.9. The molecular weight excluding hydrogens is 434 g/mol. The molecule has 2 aromatic heterocycles. The molecule has 6 heteroatoms. The minimum Gasteiger partial charge on any atom is -0.342 e. The third-order valence-electron chi connectivity index (χ3n) is 8.05. The fraction of sp³-hybridized carbons (Fsp3) is 0.517. The van der Waals surface area contributed by atoms with Gasteiger partial charge in [-0.3, -0.25) is 19.7 Å². The average molecular weight is 472 g/mol. The number of amides is 1. The van der Waals surface area contributed by atoms with E-state index in [0.717, 1.165) is 88.8 Å². The van der Waals surface area contributed by atoms with Gasteiger partial charge in [0.2, 0.25) is 5.91 Å². The van der Waals surface area contributed by atoms with Crippen LogP contribution >= 0.6 is 0 Å². The summed E-state index contributed by atoms with van der Waals surface area (Å²) in [5, 5.41) is 1.21. The number of hydrogen-bond acceptors (Lipinski definition) is 5. The smallest absolute Gasteiger partial charge is 0.230 e. The Morgan fingerprint density at radius 1 is 1.06 bits per heavy atom. The molecule has 3 aromatic rings. The van der Waals surface area contributed by atoms with Crippen LogP contribution in [0.5, 0.6) is 0 Å². The zero-order chi connectivity index (χ0) is 24.1. The Morgan fingerprint density at radius 3 is 2.71 bits per heavy atom. The lowest BCUT2D eigenvalue weighted by Gasteiger charge is -2.45. The van der Waals surface area contributed by atoms with Gasteiger partial charge in [0.1, 0.15) is 0 Å². The quantitative estimate of drug-likeness (QED) is 0.506. The molecule has 0 saturated carbocycles. The zero-order valence-electron chi connectivity index (χ0n) is 20.9. The summed E-state index contributed by atoms with van der Waals surface area (Å²) in [7, 11) is 2.16. The Labute approximate surface area is 208 Å². The van der Waals surface area contributed by atoms with E-state index < -0.39 is 0 Å². The van der Waals surface area contributed by atoms with Gasteiger partial charge in [-0.15, -0.1) is 0 Å². The predicted octanol–water partition coefficient (Wildman–Crippen LogP) is 4.54. The maximum atomic E-state index is 14.0. The predicted molar refractivity (Wildman–Crippen MR) is 139 cm³/mol. The number of rotatable bonds is 7. The van der Waals surface area contributed by atoms with Crippen molar-refractivity contribution in [1.29, 1.82) is 0 Å². The third-order valence-corrected chi connectivity index (χ3v) is 8.05. The second kappa shape index (κ2) is 10.8. The molecule has 0 unspecified atom stereocenters. The van der Waals surface area contributed by atoms with E-state index in [1.165, 1.54) is 10.9 Å². The van der Waals surface area contributed by atoms with Crippen molar-refractivity contribution in [3.63, 3.8) is 0 Å². The monoisotopic (exact) mass is 471 g/mol. The van der Waals surface area contributed by atoms with E-state index in [1.54, 1.807) is 12.4 Å². The molecule has 2 aliphatic rings. The molecule has 1 aromatic carbocycles. The van der Waals surface area contributed by atoms with Gasteiger partial charge in [0.25, 0.3) is 0 Å². The molecule has 6 nitrogen and oxygen atoms in total. The maximum Gasteiger partial charge on any atom is 0.230 e. The van der Waals surface area contributed by atoms with Gasteiger partial charge in [-0.1, -0.05) is 24.3 Å². The number of nitrogens with zero attached hydrogens (tertiary/aromatic N) is 5. The highest BCUT2D eigenvalue weighted by atomic mass is 16.2. The number of carbonyl (C=O) groups is 1. The molecule has 0 bridgehead atoms. The van der Waals surface area contributed by atoms with Crippen LogP contribution in [0.3, 0.4) is 0 Å². The summed E-state index contributed by atoms with van der Waals surface area (Å²) < 4.78 is 0. The lowest BCUT2D eigenvalue weighted by atomic mass is 9.74. The summed E-state index contributed by atoms with van der Waals surface area (Å²) in [5.41, 5.74) is 3.22. The van der Waals surface area contributed by atoms with Crippen LogP contribution < -0.4 is 0 Å². The van der Waals surface area contributed by atoms with Gasteiger partial charge < -0.3 is 9.80 Å². The van der Waals surface area contributed by atoms with Gasteiger partial charge in [0.15, 0.2) is 0 Å². The first-order valence-corrected chi connectivity index (χ1v) is 13.2. The molecule has 0 N–H and O–H groups in total. The number of aryl methyl sites for hydroxylation is 1. The number of pyridine rings is 1.